The number of hydrogen-bond acceptors (Lipinski definition) is 4. The fraction of sp³-hybridized carbons (Fsp3) is 0.320. The quantitative estimate of drug-likeness (QED) is 0.765. The molecule has 2 aliphatic heterocycles. The highest BCUT2D eigenvalue weighted by Gasteiger charge is 2.43. The molecule has 6 nitrogen and oxygen atoms in total. The van der Waals surface area contributed by atoms with Crippen LogP contribution in [-0.2, 0) is 14.4 Å². The molecule has 1 N–H and O–H groups in total. The van der Waals surface area contributed by atoms with Gasteiger partial charge in [-0.3, -0.25) is 14.4 Å². The van der Waals surface area contributed by atoms with Crippen LogP contribution in [-0.4, -0.2) is 35.7 Å². The lowest BCUT2D eigenvalue weighted by atomic mass is 9.97. The monoisotopic (exact) mass is 417 g/mol. The largest absolute Gasteiger partial charge is 0.366 e. The Labute approximate surface area is 182 Å². The van der Waals surface area contributed by atoms with Crippen LogP contribution < -0.4 is 10.2 Å². The molecule has 0 bridgehead atoms. The van der Waals surface area contributed by atoms with Crippen LogP contribution >= 0.6 is 0 Å². The van der Waals surface area contributed by atoms with Gasteiger partial charge in [0.25, 0.3) is 11.8 Å². The van der Waals surface area contributed by atoms with Crippen molar-refractivity contribution in [3.8, 4) is 0 Å². The third-order valence-electron chi connectivity index (χ3n) is 6.01. The molecule has 2 aliphatic rings. The summed E-state index contributed by atoms with van der Waals surface area (Å²) >= 11 is 0. The predicted octanol–water partition coefficient (Wildman–Crippen LogP) is 3.97. The van der Waals surface area contributed by atoms with Crippen LogP contribution in [0.15, 0.2) is 54.2 Å². The number of amides is 3. The number of carbonyl (C=O) groups excluding carboxylic acids is 3. The van der Waals surface area contributed by atoms with E-state index >= 15 is 0 Å². The second kappa shape index (κ2) is 8.38. The van der Waals surface area contributed by atoms with Gasteiger partial charge in [0.15, 0.2) is 0 Å². The van der Waals surface area contributed by atoms with Crippen molar-refractivity contribution in [2.24, 2.45) is 5.92 Å². The molecule has 1 saturated heterocycles. The Hall–Kier alpha value is -3.41. The average Bonchev–Trinajstić information content (AvgIpc) is 2.99. The van der Waals surface area contributed by atoms with Gasteiger partial charge in [0.1, 0.15) is 5.70 Å². The minimum atomic E-state index is -0.305. The summed E-state index contributed by atoms with van der Waals surface area (Å²) in [6.45, 7) is 7.08. The van der Waals surface area contributed by atoms with Gasteiger partial charge in [0, 0.05) is 25.7 Å². The molecule has 3 amide bonds. The molecule has 31 heavy (non-hydrogen) atoms. The van der Waals surface area contributed by atoms with Crippen LogP contribution in [0.4, 0.5) is 11.4 Å². The summed E-state index contributed by atoms with van der Waals surface area (Å²) in [6, 6.07) is 14.5. The topological polar surface area (TPSA) is 69.7 Å². The third-order valence-corrected chi connectivity index (χ3v) is 6.01. The summed E-state index contributed by atoms with van der Waals surface area (Å²) < 4.78 is 0. The van der Waals surface area contributed by atoms with E-state index in [1.165, 1.54) is 11.8 Å². The molecule has 0 spiro atoms. The van der Waals surface area contributed by atoms with Crippen LogP contribution in [0.25, 0.3) is 5.57 Å². The zero-order valence-corrected chi connectivity index (χ0v) is 18.1. The Bertz CT molecular complexity index is 1060. The first-order valence-electron chi connectivity index (χ1n) is 10.7. The van der Waals surface area contributed by atoms with Gasteiger partial charge >= 0.3 is 0 Å². The number of imide groups is 1. The van der Waals surface area contributed by atoms with Crippen molar-refractivity contribution in [1.29, 1.82) is 0 Å². The van der Waals surface area contributed by atoms with E-state index in [9.17, 15) is 14.4 Å². The fourth-order valence-corrected chi connectivity index (χ4v) is 4.26. The molecule has 0 aliphatic carbocycles. The molecule has 4 rings (SSSR count). The second-order valence-electron chi connectivity index (χ2n) is 8.38. The van der Waals surface area contributed by atoms with Crippen molar-refractivity contribution in [2.75, 3.05) is 23.3 Å². The number of anilines is 2. The molecule has 0 atom stereocenters. The van der Waals surface area contributed by atoms with E-state index in [1.807, 2.05) is 31.2 Å². The predicted molar refractivity (Wildman–Crippen MR) is 121 cm³/mol. The van der Waals surface area contributed by atoms with Crippen LogP contribution in [0.3, 0.4) is 0 Å². The van der Waals surface area contributed by atoms with Gasteiger partial charge in [-0.05, 0) is 55.0 Å². The number of hydrogen-bond donors (Lipinski definition) is 1. The number of para-hydroxylation sites is 1. The van der Waals surface area contributed by atoms with Gasteiger partial charge in [-0.25, -0.2) is 4.90 Å². The maximum absolute atomic E-state index is 13.6. The molecule has 1 fully saturated rings. The number of carbonyl (C=O) groups is 3. The lowest BCUT2D eigenvalue weighted by Gasteiger charge is -2.32. The standard InChI is InChI=1S/C25H27N3O3/c1-16-12-14-27(15-13-16)23-22(19-8-10-20(11-9-19)26-18(3)29)24(30)28(25(23)31)21-7-5-4-6-17(21)2/h4-11,16H,12-15H2,1-3H3,(H,26,29). The maximum Gasteiger partial charge on any atom is 0.282 e. The average molecular weight is 418 g/mol. The molecule has 0 unspecified atom stereocenters. The summed E-state index contributed by atoms with van der Waals surface area (Å²) in [4.78, 5) is 41.9. The molecule has 2 heterocycles. The van der Waals surface area contributed by atoms with Crippen molar-refractivity contribution in [2.45, 2.75) is 33.6 Å². The zero-order valence-electron chi connectivity index (χ0n) is 18.1. The molecular formula is C25H27N3O3. The highest BCUT2D eigenvalue weighted by atomic mass is 16.2. The van der Waals surface area contributed by atoms with E-state index in [-0.39, 0.29) is 17.7 Å². The molecule has 160 valence electrons. The van der Waals surface area contributed by atoms with Crippen molar-refractivity contribution >= 4 is 34.7 Å². The van der Waals surface area contributed by atoms with Crippen molar-refractivity contribution in [3.63, 3.8) is 0 Å². The number of aryl methyl sites for hydroxylation is 1. The summed E-state index contributed by atoms with van der Waals surface area (Å²) in [5.74, 6) is -0.125. The van der Waals surface area contributed by atoms with Crippen molar-refractivity contribution in [1.82, 2.24) is 4.90 Å². The van der Waals surface area contributed by atoms with Gasteiger partial charge in [0.05, 0.1) is 11.3 Å². The Morgan fingerprint density at radius 1 is 0.968 bits per heavy atom. The SMILES string of the molecule is CC(=O)Nc1ccc(C2=C(N3CCC(C)CC3)C(=O)N(c3ccccc3C)C2=O)cc1. The summed E-state index contributed by atoms with van der Waals surface area (Å²) in [5.41, 5.74) is 3.72. The van der Waals surface area contributed by atoms with E-state index in [2.05, 4.69) is 17.1 Å². The van der Waals surface area contributed by atoms with E-state index in [0.717, 1.165) is 31.5 Å². The number of rotatable bonds is 4. The van der Waals surface area contributed by atoms with E-state index in [4.69, 9.17) is 0 Å². The highest BCUT2D eigenvalue weighted by molar-refractivity contribution is 6.45. The molecule has 2 aromatic rings. The molecule has 0 radical (unpaired) electrons. The van der Waals surface area contributed by atoms with Crippen LogP contribution in [0, 0.1) is 12.8 Å². The number of nitrogens with zero attached hydrogens (tertiary/aromatic N) is 2. The lowest BCUT2D eigenvalue weighted by molar-refractivity contribution is -0.121. The van der Waals surface area contributed by atoms with Gasteiger partial charge in [-0.2, -0.15) is 0 Å². The minimum Gasteiger partial charge on any atom is -0.366 e. The number of benzene rings is 2. The first kappa shape index (κ1) is 20.8. The molecule has 0 aromatic heterocycles. The van der Waals surface area contributed by atoms with Crippen LogP contribution in [0.5, 0.6) is 0 Å². The molecule has 2 aromatic carbocycles. The number of likely N-dealkylation sites (tertiary alicyclic amines) is 1. The van der Waals surface area contributed by atoms with E-state index in [1.54, 1.807) is 24.3 Å². The van der Waals surface area contributed by atoms with Gasteiger partial charge in [-0.15, -0.1) is 0 Å². The normalized spacial score (nSPS) is 17.5. The van der Waals surface area contributed by atoms with Gasteiger partial charge in [0.2, 0.25) is 5.91 Å². The van der Waals surface area contributed by atoms with Crippen LogP contribution in [0.2, 0.25) is 0 Å². The number of nitrogens with one attached hydrogen (secondary N) is 1. The molecule has 6 heteroatoms. The second-order valence-corrected chi connectivity index (χ2v) is 8.38. The Balaban J connectivity index is 1.78. The first-order chi connectivity index (χ1) is 14.9. The summed E-state index contributed by atoms with van der Waals surface area (Å²) in [6.07, 6.45) is 1.98. The zero-order chi connectivity index (χ0) is 22.1. The van der Waals surface area contributed by atoms with Crippen LogP contribution in [0.1, 0.15) is 37.8 Å². The summed E-state index contributed by atoms with van der Waals surface area (Å²) in [7, 11) is 0. The third kappa shape index (κ3) is 3.98. The molecular weight excluding hydrogens is 390 g/mol. The fourth-order valence-electron chi connectivity index (χ4n) is 4.26. The minimum absolute atomic E-state index is 0.159. The Kier molecular flexibility index (Phi) is 5.63. The van der Waals surface area contributed by atoms with Gasteiger partial charge in [-0.1, -0.05) is 37.3 Å². The first-order valence-corrected chi connectivity index (χ1v) is 10.7. The van der Waals surface area contributed by atoms with Crippen molar-refractivity contribution in [3.05, 3.63) is 65.4 Å². The Morgan fingerprint density at radius 3 is 2.23 bits per heavy atom. The maximum atomic E-state index is 13.6. The summed E-state index contributed by atoms with van der Waals surface area (Å²) in [5, 5.41) is 2.74. The van der Waals surface area contributed by atoms with E-state index in [0.29, 0.717) is 34.1 Å². The molecule has 0 saturated carbocycles. The number of piperidine rings is 1. The van der Waals surface area contributed by atoms with E-state index < -0.39 is 0 Å². The lowest BCUT2D eigenvalue weighted by Crippen LogP contribution is -2.38. The van der Waals surface area contributed by atoms with Crippen molar-refractivity contribution < 1.29 is 14.4 Å². The smallest absolute Gasteiger partial charge is 0.282 e. The Morgan fingerprint density at radius 2 is 1.61 bits per heavy atom. The van der Waals surface area contributed by atoms with Gasteiger partial charge < -0.3 is 10.2 Å². The highest BCUT2D eigenvalue weighted by Crippen LogP contribution is 2.37.